The van der Waals surface area contributed by atoms with E-state index in [0.717, 1.165) is 9.87 Å². The maximum Gasteiger partial charge on any atom is 0.264 e. The zero-order chi connectivity index (χ0) is 27.9. The van der Waals surface area contributed by atoms with Crippen molar-refractivity contribution in [3.05, 3.63) is 95.8 Å². The molecule has 0 spiro atoms. The third-order valence-electron chi connectivity index (χ3n) is 6.08. The van der Waals surface area contributed by atoms with Gasteiger partial charge in [0, 0.05) is 18.7 Å². The Hall–Kier alpha value is -3.72. The molecule has 202 valence electrons. The Morgan fingerprint density at radius 2 is 1.50 bits per heavy atom. The minimum atomic E-state index is -4.13. The molecule has 1 atom stereocenters. The molecular weight excluding hydrogens is 505 g/mol. The highest BCUT2D eigenvalue weighted by Crippen LogP contribution is 2.25. The van der Waals surface area contributed by atoms with Crippen LogP contribution >= 0.6 is 0 Å². The number of nitrogens with zero attached hydrogens (tertiary/aromatic N) is 2. The Labute approximate surface area is 224 Å². The van der Waals surface area contributed by atoms with Crippen molar-refractivity contribution in [2.45, 2.75) is 45.2 Å². The van der Waals surface area contributed by atoms with Crippen LogP contribution < -0.4 is 9.62 Å². The van der Waals surface area contributed by atoms with Crippen LogP contribution in [0.15, 0.2) is 83.8 Å². The van der Waals surface area contributed by atoms with E-state index in [4.69, 9.17) is 0 Å². The number of sulfonamides is 1. The summed E-state index contributed by atoms with van der Waals surface area (Å²) in [6, 6.07) is 19.6. The Kier molecular flexibility index (Phi) is 9.63. The van der Waals surface area contributed by atoms with Crippen LogP contribution in [0.25, 0.3) is 0 Å². The van der Waals surface area contributed by atoms with Gasteiger partial charge in [-0.05, 0) is 50.1 Å². The summed E-state index contributed by atoms with van der Waals surface area (Å²) < 4.78 is 43.0. The largest absolute Gasteiger partial charge is 0.354 e. The van der Waals surface area contributed by atoms with E-state index in [2.05, 4.69) is 5.32 Å². The molecule has 0 saturated carbocycles. The number of halogens is 1. The first-order chi connectivity index (χ1) is 18.0. The molecule has 3 aromatic rings. The summed E-state index contributed by atoms with van der Waals surface area (Å²) in [7, 11) is -4.13. The fourth-order valence-corrected chi connectivity index (χ4v) is 5.24. The van der Waals surface area contributed by atoms with Crippen molar-refractivity contribution in [1.29, 1.82) is 0 Å². The molecular formula is C29H34FN3O4S. The summed E-state index contributed by atoms with van der Waals surface area (Å²) in [4.78, 5) is 28.0. The summed E-state index contributed by atoms with van der Waals surface area (Å²) in [6.07, 6.45) is 0. The minimum absolute atomic E-state index is 0.0248. The maximum absolute atomic E-state index is 14.6. The number of carbonyl (C=O) groups excluding carboxylic acids is 2. The number of rotatable bonds is 11. The number of aryl methyl sites for hydroxylation is 1. The van der Waals surface area contributed by atoms with Crippen molar-refractivity contribution >= 4 is 27.5 Å². The van der Waals surface area contributed by atoms with Crippen LogP contribution in [0.3, 0.4) is 0 Å². The first-order valence-electron chi connectivity index (χ1n) is 12.5. The van der Waals surface area contributed by atoms with Gasteiger partial charge in [0.2, 0.25) is 11.8 Å². The monoisotopic (exact) mass is 539 g/mol. The van der Waals surface area contributed by atoms with E-state index < -0.39 is 40.2 Å². The average Bonchev–Trinajstić information content (AvgIpc) is 2.90. The molecule has 3 aromatic carbocycles. The van der Waals surface area contributed by atoms with E-state index in [1.807, 2.05) is 20.8 Å². The first-order valence-corrected chi connectivity index (χ1v) is 13.9. The molecule has 0 heterocycles. The van der Waals surface area contributed by atoms with E-state index in [9.17, 15) is 22.4 Å². The Morgan fingerprint density at radius 3 is 2.11 bits per heavy atom. The number of amides is 2. The van der Waals surface area contributed by atoms with E-state index >= 15 is 0 Å². The normalized spacial score (nSPS) is 12.2. The zero-order valence-corrected chi connectivity index (χ0v) is 22.9. The second-order valence-electron chi connectivity index (χ2n) is 9.59. The third-order valence-corrected chi connectivity index (χ3v) is 7.87. The van der Waals surface area contributed by atoms with Crippen LogP contribution in [-0.2, 0) is 26.2 Å². The molecule has 0 aromatic heterocycles. The standard InChI is InChI=1S/C29H34FN3O4S/c1-21(2)18-31-29(35)23(4)32(19-24-10-8-9-13-27(24)30)28(34)20-33(25-16-14-22(3)15-17-25)38(36,37)26-11-6-5-7-12-26/h5-17,21,23H,18-20H2,1-4H3,(H,31,35)/t23-/m0/s1. The SMILES string of the molecule is Cc1ccc(N(CC(=O)N(Cc2ccccc2F)[C@@H](C)C(=O)NCC(C)C)S(=O)(=O)c2ccccc2)cc1. The highest BCUT2D eigenvalue weighted by molar-refractivity contribution is 7.92. The number of nitrogens with one attached hydrogen (secondary N) is 1. The summed E-state index contributed by atoms with van der Waals surface area (Å²) in [5.41, 5.74) is 1.45. The molecule has 7 nitrogen and oxygen atoms in total. The summed E-state index contributed by atoms with van der Waals surface area (Å²) >= 11 is 0. The van der Waals surface area contributed by atoms with Gasteiger partial charge in [0.1, 0.15) is 18.4 Å². The topological polar surface area (TPSA) is 86.8 Å². The van der Waals surface area contributed by atoms with Gasteiger partial charge in [-0.25, -0.2) is 12.8 Å². The molecule has 38 heavy (non-hydrogen) atoms. The maximum atomic E-state index is 14.6. The van der Waals surface area contributed by atoms with E-state index in [1.54, 1.807) is 55.5 Å². The highest BCUT2D eigenvalue weighted by atomic mass is 32.2. The van der Waals surface area contributed by atoms with Crippen molar-refractivity contribution in [2.24, 2.45) is 5.92 Å². The molecule has 0 aliphatic heterocycles. The van der Waals surface area contributed by atoms with Crippen LogP contribution in [0, 0.1) is 18.7 Å². The van der Waals surface area contributed by atoms with Gasteiger partial charge in [0.05, 0.1) is 10.6 Å². The van der Waals surface area contributed by atoms with E-state index in [0.29, 0.717) is 12.2 Å². The summed E-state index contributed by atoms with van der Waals surface area (Å²) in [5, 5.41) is 2.81. The second-order valence-corrected chi connectivity index (χ2v) is 11.5. The molecule has 0 radical (unpaired) electrons. The summed E-state index contributed by atoms with van der Waals surface area (Å²) in [6.45, 7) is 6.95. The molecule has 0 aliphatic carbocycles. The number of hydrogen-bond acceptors (Lipinski definition) is 4. The lowest BCUT2D eigenvalue weighted by atomic mass is 10.1. The van der Waals surface area contributed by atoms with Crippen LogP contribution in [0.1, 0.15) is 31.9 Å². The van der Waals surface area contributed by atoms with E-state index in [-0.39, 0.29) is 22.9 Å². The first kappa shape index (κ1) is 28.8. The lowest BCUT2D eigenvalue weighted by Crippen LogP contribution is -2.51. The van der Waals surface area contributed by atoms with Crippen LogP contribution in [-0.4, -0.2) is 44.3 Å². The average molecular weight is 540 g/mol. The van der Waals surface area contributed by atoms with Gasteiger partial charge in [-0.15, -0.1) is 0 Å². The van der Waals surface area contributed by atoms with Gasteiger partial charge in [-0.3, -0.25) is 13.9 Å². The number of carbonyl (C=O) groups is 2. The lowest BCUT2D eigenvalue weighted by Gasteiger charge is -2.32. The van der Waals surface area contributed by atoms with Crippen molar-refractivity contribution in [1.82, 2.24) is 10.2 Å². The Morgan fingerprint density at radius 1 is 0.895 bits per heavy atom. The Balaban J connectivity index is 2.00. The number of benzene rings is 3. The van der Waals surface area contributed by atoms with Crippen molar-refractivity contribution in [3.63, 3.8) is 0 Å². The van der Waals surface area contributed by atoms with Gasteiger partial charge in [-0.1, -0.05) is 67.9 Å². The van der Waals surface area contributed by atoms with Crippen LogP contribution in [0.5, 0.6) is 0 Å². The third kappa shape index (κ3) is 7.19. The molecule has 0 aliphatic rings. The van der Waals surface area contributed by atoms with Gasteiger partial charge >= 0.3 is 0 Å². The molecule has 2 amide bonds. The van der Waals surface area contributed by atoms with Crippen molar-refractivity contribution in [3.8, 4) is 0 Å². The molecule has 0 bridgehead atoms. The van der Waals surface area contributed by atoms with Crippen LogP contribution in [0.2, 0.25) is 0 Å². The minimum Gasteiger partial charge on any atom is -0.354 e. The van der Waals surface area contributed by atoms with Crippen LogP contribution in [0.4, 0.5) is 10.1 Å². The van der Waals surface area contributed by atoms with E-state index in [1.165, 1.54) is 35.2 Å². The molecule has 0 unspecified atom stereocenters. The second kappa shape index (κ2) is 12.7. The molecule has 3 rings (SSSR count). The van der Waals surface area contributed by atoms with Gasteiger partial charge in [0.25, 0.3) is 10.0 Å². The predicted octanol–water partition coefficient (Wildman–Crippen LogP) is 4.52. The predicted molar refractivity (Wildman–Crippen MR) is 146 cm³/mol. The Bertz CT molecular complexity index is 1350. The molecule has 1 N–H and O–H groups in total. The van der Waals surface area contributed by atoms with Gasteiger partial charge < -0.3 is 10.2 Å². The summed E-state index contributed by atoms with van der Waals surface area (Å²) in [5.74, 6) is -1.38. The fourth-order valence-electron chi connectivity index (χ4n) is 3.80. The molecule has 9 heteroatoms. The lowest BCUT2D eigenvalue weighted by molar-refractivity contribution is -0.139. The zero-order valence-electron chi connectivity index (χ0n) is 22.1. The molecule has 0 fully saturated rings. The quantitative estimate of drug-likeness (QED) is 0.388. The van der Waals surface area contributed by atoms with Crippen molar-refractivity contribution in [2.75, 3.05) is 17.4 Å². The number of anilines is 1. The fraction of sp³-hybridized carbons (Fsp3) is 0.310. The highest BCUT2D eigenvalue weighted by Gasteiger charge is 2.32. The number of hydrogen-bond donors (Lipinski definition) is 1. The molecule has 0 saturated heterocycles. The van der Waals surface area contributed by atoms with Crippen molar-refractivity contribution < 1.29 is 22.4 Å². The van der Waals surface area contributed by atoms with Gasteiger partial charge in [-0.2, -0.15) is 0 Å². The smallest absolute Gasteiger partial charge is 0.264 e. The van der Waals surface area contributed by atoms with Gasteiger partial charge in [0.15, 0.2) is 0 Å².